The van der Waals surface area contributed by atoms with E-state index in [9.17, 15) is 10.1 Å². The van der Waals surface area contributed by atoms with E-state index in [0.717, 1.165) is 31.4 Å². The summed E-state index contributed by atoms with van der Waals surface area (Å²) in [6.45, 7) is 7.91. The molecular formula is C37H64N4O4. The van der Waals surface area contributed by atoms with E-state index in [4.69, 9.17) is 9.47 Å². The van der Waals surface area contributed by atoms with Crippen LogP contribution in [-0.2, 0) is 9.47 Å². The van der Waals surface area contributed by atoms with Crippen molar-refractivity contribution in [2.24, 2.45) is 0 Å². The summed E-state index contributed by atoms with van der Waals surface area (Å²) in [4.78, 5) is 16.5. The van der Waals surface area contributed by atoms with Crippen LogP contribution in [0.1, 0.15) is 142 Å². The predicted molar refractivity (Wildman–Crippen MR) is 191 cm³/mol. The van der Waals surface area contributed by atoms with E-state index in [2.05, 4.69) is 29.5 Å². The topological polar surface area (TPSA) is 98.5 Å². The molecule has 2 N–H and O–H groups in total. The average Bonchev–Trinajstić information content (AvgIpc) is 3.04. The van der Waals surface area contributed by atoms with Crippen LogP contribution < -0.4 is 10.6 Å². The molecule has 8 heteroatoms. The summed E-state index contributed by atoms with van der Waals surface area (Å²) in [7, 11) is 0. The zero-order valence-corrected chi connectivity index (χ0v) is 28.7. The van der Waals surface area contributed by atoms with Crippen LogP contribution in [0.5, 0.6) is 0 Å². The zero-order chi connectivity index (χ0) is 32.2. The van der Waals surface area contributed by atoms with E-state index in [1.807, 2.05) is 24.3 Å². The van der Waals surface area contributed by atoms with E-state index in [0.29, 0.717) is 37.5 Å². The summed E-state index contributed by atoms with van der Waals surface area (Å²) >= 11 is 0. The van der Waals surface area contributed by atoms with Crippen molar-refractivity contribution in [2.45, 2.75) is 142 Å². The molecule has 0 atom stereocenters. The number of fused-ring (bicyclic) bond motifs is 1. The second-order valence-electron chi connectivity index (χ2n) is 12.4. The Kier molecular flexibility index (Phi) is 23.0. The minimum absolute atomic E-state index is 0.0295. The molecule has 0 aliphatic carbocycles. The molecule has 45 heavy (non-hydrogen) atoms. The SMILES string of the molecule is CCCCCCCCCCCCOCCNc1nc2ccccc2c(NCCOCCCCCCCCCCCC)c1[N+](=O)[O-]. The third kappa shape index (κ3) is 17.7. The van der Waals surface area contributed by atoms with Gasteiger partial charge in [-0.15, -0.1) is 0 Å². The van der Waals surface area contributed by atoms with E-state index < -0.39 is 0 Å². The van der Waals surface area contributed by atoms with Gasteiger partial charge in [-0.25, -0.2) is 4.98 Å². The standard InChI is InChI=1S/C37H64N4O4/c1-3-5-7-9-11-13-15-17-19-23-29-44-31-27-38-35-33-25-21-22-26-34(33)40-37(36(35)41(42)43)39-28-32-45-30-24-20-18-16-14-12-10-8-6-4-2/h21-22,25-26H,3-20,23-24,27-32H2,1-2H3,(H2,38,39,40). The van der Waals surface area contributed by atoms with Gasteiger partial charge in [-0.2, -0.15) is 0 Å². The zero-order valence-electron chi connectivity index (χ0n) is 28.7. The highest BCUT2D eigenvalue weighted by atomic mass is 16.6. The number of hydrogen-bond acceptors (Lipinski definition) is 7. The molecule has 0 bridgehead atoms. The number of nitro groups is 1. The van der Waals surface area contributed by atoms with Crippen LogP contribution >= 0.6 is 0 Å². The Morgan fingerprint density at radius 2 is 1.07 bits per heavy atom. The molecule has 2 aromatic rings. The van der Waals surface area contributed by atoms with Crippen LogP contribution in [0.3, 0.4) is 0 Å². The highest BCUT2D eigenvalue weighted by Gasteiger charge is 2.24. The van der Waals surface area contributed by atoms with Gasteiger partial charge in [0.15, 0.2) is 0 Å². The molecule has 256 valence electrons. The number of unbranched alkanes of at least 4 members (excludes halogenated alkanes) is 18. The summed E-state index contributed by atoms with van der Waals surface area (Å²) in [5, 5.41) is 19.4. The molecule has 0 amide bonds. The van der Waals surface area contributed by atoms with Crippen molar-refractivity contribution in [3.8, 4) is 0 Å². The highest BCUT2D eigenvalue weighted by molar-refractivity contribution is 5.99. The molecule has 0 aliphatic heterocycles. The number of rotatable bonds is 31. The maximum atomic E-state index is 12.2. The number of hydrogen-bond donors (Lipinski definition) is 2. The largest absolute Gasteiger partial charge is 0.380 e. The number of benzene rings is 1. The summed E-state index contributed by atoms with van der Waals surface area (Å²) in [5.74, 6) is 0.273. The van der Waals surface area contributed by atoms with Crippen LogP contribution in [0, 0.1) is 10.1 Å². The van der Waals surface area contributed by atoms with E-state index in [1.165, 1.54) is 116 Å². The summed E-state index contributed by atoms with van der Waals surface area (Å²) in [5.41, 5.74) is 1.17. The number of ether oxygens (including phenoxy) is 2. The fourth-order valence-corrected chi connectivity index (χ4v) is 5.76. The minimum atomic E-state index is -0.348. The van der Waals surface area contributed by atoms with Crippen molar-refractivity contribution < 1.29 is 14.4 Å². The number of anilines is 2. The molecule has 1 heterocycles. The minimum Gasteiger partial charge on any atom is -0.380 e. The van der Waals surface area contributed by atoms with Gasteiger partial charge in [0.25, 0.3) is 0 Å². The lowest BCUT2D eigenvalue weighted by molar-refractivity contribution is -0.383. The Bertz CT molecular complexity index is 1020. The molecule has 0 aliphatic rings. The summed E-state index contributed by atoms with van der Waals surface area (Å²) in [6.07, 6.45) is 25.9. The van der Waals surface area contributed by atoms with Crippen LogP contribution in [-0.4, -0.2) is 49.4 Å². The number of nitrogens with zero attached hydrogens (tertiary/aromatic N) is 2. The molecule has 0 saturated heterocycles. The fourth-order valence-electron chi connectivity index (χ4n) is 5.76. The molecule has 0 unspecified atom stereocenters. The molecular weight excluding hydrogens is 564 g/mol. The van der Waals surface area contributed by atoms with Crippen LogP contribution in [0.15, 0.2) is 24.3 Å². The van der Waals surface area contributed by atoms with Gasteiger partial charge in [-0.1, -0.05) is 148 Å². The quantitative estimate of drug-likeness (QED) is 0.0487. The smallest absolute Gasteiger partial charge is 0.334 e. The van der Waals surface area contributed by atoms with Gasteiger partial charge in [0.1, 0.15) is 5.69 Å². The second-order valence-corrected chi connectivity index (χ2v) is 12.4. The molecule has 0 radical (unpaired) electrons. The van der Waals surface area contributed by atoms with E-state index in [1.54, 1.807) is 0 Å². The first-order valence-corrected chi connectivity index (χ1v) is 18.4. The molecule has 1 aromatic heterocycles. The summed E-state index contributed by atoms with van der Waals surface area (Å²) < 4.78 is 11.7. The Morgan fingerprint density at radius 3 is 1.56 bits per heavy atom. The Balaban J connectivity index is 1.68. The molecule has 8 nitrogen and oxygen atoms in total. The summed E-state index contributed by atoms with van der Waals surface area (Å²) in [6, 6.07) is 7.55. The van der Waals surface area contributed by atoms with E-state index in [-0.39, 0.29) is 16.4 Å². The third-order valence-electron chi connectivity index (χ3n) is 8.42. The molecule has 0 fully saturated rings. The predicted octanol–water partition coefficient (Wildman–Crippen LogP) is 10.8. The molecule has 2 rings (SSSR count). The fraction of sp³-hybridized carbons (Fsp3) is 0.757. The lowest BCUT2D eigenvalue weighted by Crippen LogP contribution is -2.15. The first-order valence-electron chi connectivity index (χ1n) is 18.4. The van der Waals surface area contributed by atoms with Gasteiger partial charge in [-0.3, -0.25) is 10.1 Å². The molecule has 1 aromatic carbocycles. The van der Waals surface area contributed by atoms with Crippen LogP contribution in [0.2, 0.25) is 0 Å². The first kappa shape index (κ1) is 38.7. The monoisotopic (exact) mass is 628 g/mol. The lowest BCUT2D eigenvalue weighted by Gasteiger charge is -2.14. The average molecular weight is 629 g/mol. The highest BCUT2D eigenvalue weighted by Crippen LogP contribution is 2.37. The van der Waals surface area contributed by atoms with Crippen LogP contribution in [0.4, 0.5) is 17.2 Å². The Morgan fingerprint density at radius 1 is 0.622 bits per heavy atom. The van der Waals surface area contributed by atoms with Crippen molar-refractivity contribution in [2.75, 3.05) is 50.2 Å². The second kappa shape index (κ2) is 26.7. The number of aromatic nitrogens is 1. The Hall–Kier alpha value is -2.45. The Labute approximate surface area is 274 Å². The maximum absolute atomic E-state index is 12.2. The lowest BCUT2D eigenvalue weighted by atomic mass is 10.1. The number of nitrogens with one attached hydrogen (secondary N) is 2. The van der Waals surface area contributed by atoms with Crippen molar-refractivity contribution >= 4 is 28.1 Å². The van der Waals surface area contributed by atoms with Gasteiger partial charge >= 0.3 is 5.69 Å². The van der Waals surface area contributed by atoms with Crippen LogP contribution in [0.25, 0.3) is 10.9 Å². The van der Waals surface area contributed by atoms with Gasteiger partial charge in [0.05, 0.1) is 23.7 Å². The van der Waals surface area contributed by atoms with Gasteiger partial charge in [-0.05, 0) is 18.9 Å². The van der Waals surface area contributed by atoms with Crippen molar-refractivity contribution in [1.82, 2.24) is 4.98 Å². The van der Waals surface area contributed by atoms with Gasteiger partial charge < -0.3 is 20.1 Å². The third-order valence-corrected chi connectivity index (χ3v) is 8.42. The first-order chi connectivity index (χ1) is 22.2. The molecule has 0 saturated carbocycles. The van der Waals surface area contributed by atoms with Gasteiger partial charge in [0, 0.05) is 31.7 Å². The van der Waals surface area contributed by atoms with Crippen molar-refractivity contribution in [1.29, 1.82) is 0 Å². The molecule has 0 spiro atoms. The number of para-hydroxylation sites is 1. The van der Waals surface area contributed by atoms with Gasteiger partial charge in [0.2, 0.25) is 5.82 Å². The van der Waals surface area contributed by atoms with Crippen molar-refractivity contribution in [3.05, 3.63) is 34.4 Å². The normalized spacial score (nSPS) is 11.3. The van der Waals surface area contributed by atoms with Crippen molar-refractivity contribution in [3.63, 3.8) is 0 Å². The maximum Gasteiger partial charge on any atom is 0.334 e. The van der Waals surface area contributed by atoms with E-state index >= 15 is 0 Å². The number of pyridine rings is 1.